The van der Waals surface area contributed by atoms with Gasteiger partial charge in [-0.3, -0.25) is 0 Å². The van der Waals surface area contributed by atoms with E-state index in [1.165, 1.54) is 6.92 Å². The van der Waals surface area contributed by atoms with E-state index in [2.05, 4.69) is 0 Å². The molecule has 0 saturated heterocycles. The summed E-state index contributed by atoms with van der Waals surface area (Å²) in [6, 6.07) is 3.47. The highest BCUT2D eigenvalue weighted by atomic mass is 19.1. The van der Waals surface area contributed by atoms with Crippen LogP contribution in [0, 0.1) is 0 Å². The van der Waals surface area contributed by atoms with E-state index < -0.39 is 11.6 Å². The predicted molar refractivity (Wildman–Crippen MR) is 67.1 cm³/mol. The van der Waals surface area contributed by atoms with Crippen molar-refractivity contribution >= 4 is 0 Å². The Kier molecular flexibility index (Phi) is 3.48. The lowest BCUT2D eigenvalue weighted by Crippen LogP contribution is -2.25. The van der Waals surface area contributed by atoms with Gasteiger partial charge in [0.25, 0.3) is 0 Å². The maximum absolute atomic E-state index is 13.8. The van der Waals surface area contributed by atoms with E-state index in [-0.39, 0.29) is 6.61 Å². The number of aliphatic hydroxyl groups excluding tert-OH is 1. The first-order chi connectivity index (χ1) is 8.45. The summed E-state index contributed by atoms with van der Waals surface area (Å²) in [6.45, 7) is 6.18. The zero-order valence-electron chi connectivity index (χ0n) is 11.0. The lowest BCUT2D eigenvalue weighted by atomic mass is 9.81. The Morgan fingerprint density at radius 2 is 1.83 bits per heavy atom. The van der Waals surface area contributed by atoms with Gasteiger partial charge in [-0.25, -0.2) is 4.39 Å². The molecule has 18 heavy (non-hydrogen) atoms. The summed E-state index contributed by atoms with van der Waals surface area (Å²) in [6.07, 6.45) is -1.11. The van der Waals surface area contributed by atoms with Gasteiger partial charge in [-0.05, 0) is 30.2 Å². The van der Waals surface area contributed by atoms with Crippen LogP contribution in [-0.2, 0) is 5.41 Å². The lowest BCUT2D eigenvalue weighted by molar-refractivity contribution is 0.169. The molecule has 1 aliphatic heterocycles. The standard InChI is InChI=1S/C14H19FO3/c1-9(15)10-6-12-13(18-5-4-17-12)7-11(10)14(2,3)8-16/h6-7,9,16H,4-5,8H2,1-3H3. The quantitative estimate of drug-likeness (QED) is 0.901. The van der Waals surface area contributed by atoms with Crippen LogP contribution in [0.1, 0.15) is 38.1 Å². The predicted octanol–water partition coefficient (Wildman–Crippen LogP) is 2.76. The van der Waals surface area contributed by atoms with Gasteiger partial charge in [-0.1, -0.05) is 13.8 Å². The Morgan fingerprint density at radius 1 is 1.28 bits per heavy atom. The second-order valence-electron chi connectivity index (χ2n) is 5.24. The van der Waals surface area contributed by atoms with Gasteiger partial charge in [0.2, 0.25) is 0 Å². The third-order valence-electron chi connectivity index (χ3n) is 3.27. The molecule has 100 valence electrons. The zero-order chi connectivity index (χ0) is 13.3. The van der Waals surface area contributed by atoms with Gasteiger partial charge < -0.3 is 14.6 Å². The molecule has 1 unspecified atom stereocenters. The van der Waals surface area contributed by atoms with Crippen LogP contribution in [0.25, 0.3) is 0 Å². The SMILES string of the molecule is CC(F)c1cc2c(cc1C(C)(C)CO)OCCO2. The van der Waals surface area contributed by atoms with Crippen molar-refractivity contribution in [3.63, 3.8) is 0 Å². The number of halogens is 1. The second-order valence-corrected chi connectivity index (χ2v) is 5.24. The van der Waals surface area contributed by atoms with Gasteiger partial charge in [0.1, 0.15) is 19.4 Å². The molecule has 1 heterocycles. The summed E-state index contributed by atoms with van der Waals surface area (Å²) in [7, 11) is 0. The Hall–Kier alpha value is -1.29. The summed E-state index contributed by atoms with van der Waals surface area (Å²) < 4.78 is 24.7. The van der Waals surface area contributed by atoms with Crippen LogP contribution in [0.4, 0.5) is 4.39 Å². The minimum absolute atomic E-state index is 0.0492. The number of aliphatic hydroxyl groups is 1. The van der Waals surface area contributed by atoms with E-state index in [0.29, 0.717) is 30.3 Å². The lowest BCUT2D eigenvalue weighted by Gasteiger charge is -2.29. The Balaban J connectivity index is 2.56. The molecule has 1 aliphatic rings. The first-order valence-electron chi connectivity index (χ1n) is 6.14. The first-order valence-corrected chi connectivity index (χ1v) is 6.14. The third-order valence-corrected chi connectivity index (χ3v) is 3.27. The average Bonchev–Trinajstić information content (AvgIpc) is 2.37. The highest BCUT2D eigenvalue weighted by molar-refractivity contribution is 5.51. The van der Waals surface area contributed by atoms with E-state index in [0.717, 1.165) is 5.56 Å². The van der Waals surface area contributed by atoms with Gasteiger partial charge in [0.05, 0.1) is 6.61 Å². The van der Waals surface area contributed by atoms with Gasteiger partial charge >= 0.3 is 0 Å². The van der Waals surface area contributed by atoms with Crippen LogP contribution in [-0.4, -0.2) is 24.9 Å². The molecule has 3 nitrogen and oxygen atoms in total. The molecule has 0 aromatic heterocycles. The number of ether oxygens (including phenoxy) is 2. The number of alkyl halides is 1. The summed E-state index contributed by atoms with van der Waals surface area (Å²) in [5, 5.41) is 9.46. The molecule has 0 amide bonds. The van der Waals surface area contributed by atoms with Crippen LogP contribution in [0.3, 0.4) is 0 Å². The van der Waals surface area contributed by atoms with Crippen molar-refractivity contribution < 1.29 is 19.0 Å². The highest BCUT2D eigenvalue weighted by Crippen LogP contribution is 2.40. The number of rotatable bonds is 3. The molecule has 0 aliphatic carbocycles. The molecule has 1 aromatic carbocycles. The van der Waals surface area contributed by atoms with Gasteiger partial charge in [-0.15, -0.1) is 0 Å². The minimum Gasteiger partial charge on any atom is -0.486 e. The molecule has 0 spiro atoms. The van der Waals surface area contributed by atoms with Crippen molar-refractivity contribution in [2.45, 2.75) is 32.4 Å². The largest absolute Gasteiger partial charge is 0.486 e. The molecule has 1 aromatic rings. The van der Waals surface area contributed by atoms with Crippen LogP contribution in [0.2, 0.25) is 0 Å². The van der Waals surface area contributed by atoms with Gasteiger partial charge in [-0.2, -0.15) is 0 Å². The number of hydrogen-bond acceptors (Lipinski definition) is 3. The van der Waals surface area contributed by atoms with Crippen LogP contribution < -0.4 is 9.47 Å². The average molecular weight is 254 g/mol. The summed E-state index contributed by atoms with van der Waals surface area (Å²) >= 11 is 0. The first kappa shape index (κ1) is 13.1. The molecule has 0 saturated carbocycles. The Morgan fingerprint density at radius 3 is 2.33 bits per heavy atom. The number of benzene rings is 1. The zero-order valence-corrected chi connectivity index (χ0v) is 11.0. The Bertz CT molecular complexity index is 441. The van der Waals surface area contributed by atoms with E-state index in [9.17, 15) is 9.50 Å². The van der Waals surface area contributed by atoms with Crippen molar-refractivity contribution in [3.8, 4) is 11.5 Å². The molecular formula is C14H19FO3. The highest BCUT2D eigenvalue weighted by Gasteiger charge is 2.28. The van der Waals surface area contributed by atoms with Crippen molar-refractivity contribution in [2.75, 3.05) is 19.8 Å². The summed E-state index contributed by atoms with van der Waals surface area (Å²) in [5.41, 5.74) is 0.813. The fourth-order valence-electron chi connectivity index (χ4n) is 2.10. The fourth-order valence-corrected chi connectivity index (χ4v) is 2.10. The Labute approximate surface area is 107 Å². The van der Waals surface area contributed by atoms with Crippen LogP contribution in [0.5, 0.6) is 11.5 Å². The smallest absolute Gasteiger partial charge is 0.161 e. The molecule has 1 N–H and O–H groups in total. The monoisotopic (exact) mass is 254 g/mol. The molecular weight excluding hydrogens is 235 g/mol. The normalized spacial score (nSPS) is 16.5. The van der Waals surface area contributed by atoms with E-state index >= 15 is 0 Å². The van der Waals surface area contributed by atoms with E-state index in [1.807, 2.05) is 13.8 Å². The van der Waals surface area contributed by atoms with Crippen molar-refractivity contribution in [1.82, 2.24) is 0 Å². The molecule has 0 radical (unpaired) electrons. The molecule has 0 bridgehead atoms. The van der Waals surface area contributed by atoms with Crippen molar-refractivity contribution in [3.05, 3.63) is 23.3 Å². The maximum Gasteiger partial charge on any atom is 0.161 e. The molecule has 2 rings (SSSR count). The van der Waals surface area contributed by atoms with Gasteiger partial charge in [0, 0.05) is 5.41 Å². The molecule has 0 fully saturated rings. The minimum atomic E-state index is -1.11. The summed E-state index contributed by atoms with van der Waals surface area (Å²) in [5.74, 6) is 1.21. The molecule has 1 atom stereocenters. The topological polar surface area (TPSA) is 38.7 Å². The summed E-state index contributed by atoms with van der Waals surface area (Å²) in [4.78, 5) is 0. The fraction of sp³-hybridized carbons (Fsp3) is 0.571. The van der Waals surface area contributed by atoms with Crippen LogP contribution >= 0.6 is 0 Å². The van der Waals surface area contributed by atoms with Gasteiger partial charge in [0.15, 0.2) is 11.5 Å². The van der Waals surface area contributed by atoms with E-state index in [1.54, 1.807) is 12.1 Å². The third kappa shape index (κ3) is 2.29. The van der Waals surface area contributed by atoms with E-state index in [4.69, 9.17) is 9.47 Å². The van der Waals surface area contributed by atoms with Crippen molar-refractivity contribution in [2.24, 2.45) is 0 Å². The second kappa shape index (κ2) is 4.76. The maximum atomic E-state index is 13.8. The molecule has 4 heteroatoms. The number of hydrogen-bond donors (Lipinski definition) is 1. The number of fused-ring (bicyclic) bond motifs is 1. The van der Waals surface area contributed by atoms with Crippen molar-refractivity contribution in [1.29, 1.82) is 0 Å². The van der Waals surface area contributed by atoms with Crippen LogP contribution in [0.15, 0.2) is 12.1 Å².